The van der Waals surface area contributed by atoms with Gasteiger partial charge in [-0.2, -0.15) is 0 Å². The molecule has 3 aromatic rings. The van der Waals surface area contributed by atoms with Crippen LogP contribution in [0.1, 0.15) is 22.3 Å². The Hall–Kier alpha value is -2.36. The maximum Gasteiger partial charge on any atom is 0.129 e. The third-order valence-corrected chi connectivity index (χ3v) is 4.78. The number of hydrogen-bond donors (Lipinski definition) is 1. The van der Waals surface area contributed by atoms with Gasteiger partial charge in [0.05, 0.1) is 5.56 Å². The van der Waals surface area contributed by atoms with Crippen molar-refractivity contribution in [3.63, 3.8) is 0 Å². The minimum Gasteiger partial charge on any atom is -0.488 e. The van der Waals surface area contributed by atoms with Gasteiger partial charge < -0.3 is 10.1 Å². The molecule has 0 fully saturated rings. The smallest absolute Gasteiger partial charge is 0.129 e. The molecule has 4 heteroatoms. The standard InChI is InChI=1S/C22H20ClNOS/c1-16-10-12-17(13-11-16)14-24-22(26)19-7-3-5-9-21(19)25-15-18-6-2-4-8-20(18)23/h2-13H,14-15H2,1H3,(H,24,26). The summed E-state index contributed by atoms with van der Waals surface area (Å²) in [6, 6.07) is 23.9. The number of nitrogens with one attached hydrogen (secondary N) is 1. The molecular formula is C22H20ClNOS. The summed E-state index contributed by atoms with van der Waals surface area (Å²) in [5, 5.41) is 4.01. The second kappa shape index (κ2) is 8.84. The molecule has 0 atom stereocenters. The molecule has 26 heavy (non-hydrogen) atoms. The van der Waals surface area contributed by atoms with E-state index in [-0.39, 0.29) is 0 Å². The fraction of sp³-hybridized carbons (Fsp3) is 0.136. The predicted octanol–water partition coefficient (Wildman–Crippen LogP) is 5.69. The van der Waals surface area contributed by atoms with Crippen LogP contribution in [0.3, 0.4) is 0 Å². The van der Waals surface area contributed by atoms with Crippen LogP contribution in [0, 0.1) is 6.92 Å². The van der Waals surface area contributed by atoms with Crippen molar-refractivity contribution in [2.24, 2.45) is 0 Å². The number of benzene rings is 3. The van der Waals surface area contributed by atoms with Gasteiger partial charge in [-0.15, -0.1) is 0 Å². The molecule has 0 aliphatic heterocycles. The summed E-state index contributed by atoms with van der Waals surface area (Å²) in [5.41, 5.74) is 4.26. The first-order valence-corrected chi connectivity index (χ1v) is 9.21. The molecule has 0 aromatic heterocycles. The first-order chi connectivity index (χ1) is 12.6. The molecule has 0 spiro atoms. The summed E-state index contributed by atoms with van der Waals surface area (Å²) in [4.78, 5) is 0.667. The molecular weight excluding hydrogens is 362 g/mol. The van der Waals surface area contributed by atoms with Gasteiger partial charge in [0, 0.05) is 17.1 Å². The van der Waals surface area contributed by atoms with E-state index < -0.39 is 0 Å². The highest BCUT2D eigenvalue weighted by Crippen LogP contribution is 2.22. The zero-order valence-electron chi connectivity index (χ0n) is 14.5. The SMILES string of the molecule is Cc1ccc(CNC(=S)c2ccccc2OCc2ccccc2Cl)cc1. The van der Waals surface area contributed by atoms with Gasteiger partial charge in [-0.25, -0.2) is 0 Å². The maximum atomic E-state index is 6.20. The summed E-state index contributed by atoms with van der Waals surface area (Å²) >= 11 is 11.8. The van der Waals surface area contributed by atoms with Crippen LogP contribution >= 0.6 is 23.8 Å². The van der Waals surface area contributed by atoms with Crippen LogP contribution in [0.15, 0.2) is 72.8 Å². The zero-order valence-corrected chi connectivity index (χ0v) is 16.1. The van der Waals surface area contributed by atoms with Crippen molar-refractivity contribution in [3.05, 3.63) is 100 Å². The molecule has 0 saturated heterocycles. The monoisotopic (exact) mass is 381 g/mol. The highest BCUT2D eigenvalue weighted by Gasteiger charge is 2.09. The van der Waals surface area contributed by atoms with Crippen molar-refractivity contribution >= 4 is 28.8 Å². The molecule has 0 unspecified atom stereocenters. The van der Waals surface area contributed by atoms with Crippen molar-refractivity contribution in [1.29, 1.82) is 0 Å². The van der Waals surface area contributed by atoms with Gasteiger partial charge in [0.2, 0.25) is 0 Å². The van der Waals surface area contributed by atoms with E-state index in [1.165, 1.54) is 11.1 Å². The molecule has 0 heterocycles. The number of hydrogen-bond acceptors (Lipinski definition) is 2. The molecule has 2 nitrogen and oxygen atoms in total. The Morgan fingerprint density at radius 1 is 0.962 bits per heavy atom. The van der Waals surface area contributed by atoms with Crippen LogP contribution in [-0.2, 0) is 13.2 Å². The van der Waals surface area contributed by atoms with Crippen molar-refractivity contribution in [2.45, 2.75) is 20.1 Å². The number of aryl methyl sites for hydroxylation is 1. The lowest BCUT2D eigenvalue weighted by Gasteiger charge is -2.14. The summed E-state index contributed by atoms with van der Waals surface area (Å²) < 4.78 is 5.98. The topological polar surface area (TPSA) is 21.3 Å². The third kappa shape index (κ3) is 4.84. The Bertz CT molecular complexity index is 893. The number of halogens is 1. The van der Waals surface area contributed by atoms with Crippen LogP contribution in [0.5, 0.6) is 5.75 Å². The first-order valence-electron chi connectivity index (χ1n) is 8.42. The molecule has 132 valence electrons. The van der Waals surface area contributed by atoms with Gasteiger partial charge >= 0.3 is 0 Å². The zero-order chi connectivity index (χ0) is 18.4. The average molecular weight is 382 g/mol. The van der Waals surface area contributed by atoms with Crippen LogP contribution in [0.2, 0.25) is 5.02 Å². The second-order valence-corrected chi connectivity index (χ2v) is 6.86. The lowest BCUT2D eigenvalue weighted by molar-refractivity contribution is 0.305. The number of ether oxygens (including phenoxy) is 1. The van der Waals surface area contributed by atoms with Gasteiger partial charge in [0.15, 0.2) is 0 Å². The largest absolute Gasteiger partial charge is 0.488 e. The van der Waals surface area contributed by atoms with E-state index in [2.05, 4.69) is 36.5 Å². The Morgan fingerprint density at radius 2 is 1.65 bits per heavy atom. The van der Waals surface area contributed by atoms with Crippen molar-refractivity contribution in [3.8, 4) is 5.75 Å². The third-order valence-electron chi connectivity index (χ3n) is 4.05. The second-order valence-electron chi connectivity index (χ2n) is 6.04. The molecule has 0 saturated carbocycles. The average Bonchev–Trinajstić information content (AvgIpc) is 2.67. The van der Waals surface area contributed by atoms with Crippen LogP contribution in [0.25, 0.3) is 0 Å². The molecule has 0 aliphatic carbocycles. The molecule has 1 N–H and O–H groups in total. The minimum atomic E-state index is 0.400. The molecule has 0 amide bonds. The van der Waals surface area contributed by atoms with Crippen molar-refractivity contribution in [2.75, 3.05) is 0 Å². The summed E-state index contributed by atoms with van der Waals surface area (Å²) in [6.07, 6.45) is 0. The van der Waals surface area contributed by atoms with Gasteiger partial charge in [-0.1, -0.05) is 84.0 Å². The fourth-order valence-corrected chi connectivity index (χ4v) is 2.97. The highest BCUT2D eigenvalue weighted by molar-refractivity contribution is 7.80. The van der Waals surface area contributed by atoms with Crippen LogP contribution in [0.4, 0.5) is 0 Å². The quantitative estimate of drug-likeness (QED) is 0.554. The van der Waals surface area contributed by atoms with Gasteiger partial charge in [0.25, 0.3) is 0 Å². The van der Waals surface area contributed by atoms with E-state index in [1.54, 1.807) is 0 Å². The normalized spacial score (nSPS) is 10.4. The van der Waals surface area contributed by atoms with E-state index in [4.69, 9.17) is 28.6 Å². The van der Waals surface area contributed by atoms with Crippen molar-refractivity contribution in [1.82, 2.24) is 5.32 Å². The fourth-order valence-electron chi connectivity index (χ4n) is 2.53. The molecule has 3 aromatic carbocycles. The number of thiocarbonyl (C=S) groups is 1. The lowest BCUT2D eigenvalue weighted by atomic mass is 10.1. The van der Waals surface area contributed by atoms with E-state index in [1.807, 2.05) is 48.5 Å². The summed E-state index contributed by atoms with van der Waals surface area (Å²) in [6.45, 7) is 3.16. The Morgan fingerprint density at radius 3 is 2.42 bits per heavy atom. The van der Waals surface area contributed by atoms with E-state index in [0.29, 0.717) is 23.2 Å². The Balaban J connectivity index is 1.67. The number of para-hydroxylation sites is 1. The summed E-state index contributed by atoms with van der Waals surface area (Å²) in [7, 11) is 0. The number of rotatable bonds is 6. The van der Waals surface area contributed by atoms with E-state index in [9.17, 15) is 0 Å². The van der Waals surface area contributed by atoms with E-state index >= 15 is 0 Å². The predicted molar refractivity (Wildman–Crippen MR) is 112 cm³/mol. The lowest BCUT2D eigenvalue weighted by Crippen LogP contribution is -2.22. The molecule has 3 rings (SSSR count). The summed E-state index contributed by atoms with van der Waals surface area (Å²) in [5.74, 6) is 0.744. The van der Waals surface area contributed by atoms with Crippen LogP contribution in [-0.4, -0.2) is 4.99 Å². The van der Waals surface area contributed by atoms with Gasteiger partial charge in [-0.05, 0) is 30.7 Å². The molecule has 0 radical (unpaired) electrons. The van der Waals surface area contributed by atoms with Gasteiger partial charge in [0.1, 0.15) is 17.3 Å². The maximum absolute atomic E-state index is 6.20. The Labute approximate surface area is 164 Å². The molecule has 0 bridgehead atoms. The van der Waals surface area contributed by atoms with Crippen LogP contribution < -0.4 is 10.1 Å². The first kappa shape index (κ1) is 18.4. The van der Waals surface area contributed by atoms with E-state index in [0.717, 1.165) is 16.9 Å². The molecule has 0 aliphatic rings. The highest BCUT2D eigenvalue weighted by atomic mass is 35.5. The van der Waals surface area contributed by atoms with Gasteiger partial charge in [-0.3, -0.25) is 0 Å². The Kier molecular flexibility index (Phi) is 6.26. The van der Waals surface area contributed by atoms with Crippen molar-refractivity contribution < 1.29 is 4.74 Å². The minimum absolute atomic E-state index is 0.400.